The van der Waals surface area contributed by atoms with E-state index in [1.165, 1.54) is 31.9 Å². The molecule has 1 amide bonds. The molecule has 1 atom stereocenters. The molecule has 1 aromatic heterocycles. The van der Waals surface area contributed by atoms with Crippen molar-refractivity contribution in [3.05, 3.63) is 18.0 Å². The lowest BCUT2D eigenvalue weighted by molar-refractivity contribution is -0.137. The summed E-state index contributed by atoms with van der Waals surface area (Å²) in [6.45, 7) is 3.61. The molecular weight excluding hydrogens is 318 g/mol. The summed E-state index contributed by atoms with van der Waals surface area (Å²) in [5, 5.41) is 13.2. The van der Waals surface area contributed by atoms with Crippen molar-refractivity contribution < 1.29 is 14.7 Å². The number of carbonyl (C=O) groups excluding carboxylic acids is 1. The summed E-state index contributed by atoms with van der Waals surface area (Å²) >= 11 is 0. The molecule has 3 rings (SSSR count). The molecule has 1 unspecified atom stereocenters. The van der Waals surface area contributed by atoms with Crippen LogP contribution in [0.3, 0.4) is 0 Å². The average Bonchev–Trinajstić information content (AvgIpc) is 3.31. The van der Waals surface area contributed by atoms with Gasteiger partial charge in [-0.2, -0.15) is 5.10 Å². The molecule has 1 saturated carbocycles. The predicted molar refractivity (Wildman–Crippen MR) is 94.4 cm³/mol. The van der Waals surface area contributed by atoms with E-state index >= 15 is 0 Å². The third-order valence-electron chi connectivity index (χ3n) is 5.93. The fraction of sp³-hybridized carbons (Fsp3) is 0.737. The van der Waals surface area contributed by atoms with Crippen LogP contribution in [0.1, 0.15) is 74.7 Å². The summed E-state index contributed by atoms with van der Waals surface area (Å²) in [5.41, 5.74) is 0.223. The third kappa shape index (κ3) is 4.22. The van der Waals surface area contributed by atoms with E-state index in [4.69, 9.17) is 5.11 Å². The molecule has 1 N–H and O–H groups in total. The van der Waals surface area contributed by atoms with Crippen molar-refractivity contribution >= 4 is 11.9 Å². The van der Waals surface area contributed by atoms with Crippen LogP contribution in [0.5, 0.6) is 0 Å². The Morgan fingerprint density at radius 2 is 1.92 bits per heavy atom. The first-order chi connectivity index (χ1) is 12.1. The molecule has 1 saturated heterocycles. The number of carbonyl (C=O) groups is 2. The minimum Gasteiger partial charge on any atom is -0.478 e. The van der Waals surface area contributed by atoms with E-state index in [2.05, 4.69) is 12.0 Å². The lowest BCUT2D eigenvalue weighted by Gasteiger charge is -2.34. The van der Waals surface area contributed by atoms with Crippen LogP contribution in [-0.2, 0) is 4.79 Å². The van der Waals surface area contributed by atoms with E-state index in [1.54, 1.807) is 10.9 Å². The molecule has 25 heavy (non-hydrogen) atoms. The summed E-state index contributed by atoms with van der Waals surface area (Å²) in [5.74, 6) is 0.282. The summed E-state index contributed by atoms with van der Waals surface area (Å²) in [7, 11) is 0. The molecule has 6 heteroatoms. The summed E-state index contributed by atoms with van der Waals surface area (Å²) in [6, 6.07) is 0.187. The van der Waals surface area contributed by atoms with Crippen LogP contribution in [0.2, 0.25) is 0 Å². The molecule has 0 radical (unpaired) electrons. The van der Waals surface area contributed by atoms with Crippen LogP contribution in [0.15, 0.2) is 12.4 Å². The van der Waals surface area contributed by atoms with E-state index in [-0.39, 0.29) is 17.5 Å². The van der Waals surface area contributed by atoms with Crippen LogP contribution in [0.25, 0.3) is 0 Å². The first-order valence-electron chi connectivity index (χ1n) is 9.64. The van der Waals surface area contributed by atoms with Gasteiger partial charge in [-0.1, -0.05) is 32.6 Å². The predicted octanol–water partition coefficient (Wildman–Crippen LogP) is 3.35. The molecule has 2 aliphatic rings. The van der Waals surface area contributed by atoms with Gasteiger partial charge in [0.15, 0.2) is 0 Å². The lowest BCUT2D eigenvalue weighted by Crippen LogP contribution is -2.42. The van der Waals surface area contributed by atoms with Crippen molar-refractivity contribution in [3.8, 4) is 0 Å². The summed E-state index contributed by atoms with van der Waals surface area (Å²) < 4.78 is 1.75. The van der Waals surface area contributed by atoms with Crippen molar-refractivity contribution in [2.24, 2.45) is 11.8 Å². The number of piperidine rings is 1. The van der Waals surface area contributed by atoms with Gasteiger partial charge in [0, 0.05) is 25.2 Å². The zero-order valence-electron chi connectivity index (χ0n) is 15.1. The highest BCUT2D eigenvalue weighted by Crippen LogP contribution is 2.33. The van der Waals surface area contributed by atoms with E-state index in [9.17, 15) is 9.59 Å². The van der Waals surface area contributed by atoms with Gasteiger partial charge in [0.2, 0.25) is 5.91 Å². The number of hydrogen-bond acceptors (Lipinski definition) is 3. The molecule has 0 aromatic carbocycles. The number of carboxylic acid groups (broad SMARTS) is 1. The van der Waals surface area contributed by atoms with Gasteiger partial charge in [-0.05, 0) is 31.6 Å². The van der Waals surface area contributed by atoms with Gasteiger partial charge in [0.1, 0.15) is 0 Å². The maximum absolute atomic E-state index is 12.9. The minimum atomic E-state index is -0.948. The minimum absolute atomic E-state index is 0.169. The molecule has 1 aromatic rings. The second kappa shape index (κ2) is 8.02. The van der Waals surface area contributed by atoms with Crippen LogP contribution < -0.4 is 0 Å². The Hall–Kier alpha value is -1.85. The van der Waals surface area contributed by atoms with Crippen LogP contribution in [-0.4, -0.2) is 44.8 Å². The molecular formula is C19H29N3O3. The van der Waals surface area contributed by atoms with Gasteiger partial charge in [-0.15, -0.1) is 0 Å². The highest BCUT2D eigenvalue weighted by molar-refractivity contribution is 5.86. The van der Waals surface area contributed by atoms with Crippen LogP contribution >= 0.6 is 0 Å². The average molecular weight is 347 g/mol. The SMILES string of the molecule is CCC(CC1CCCC1)C(=O)N1CCC(n2cc(C(=O)O)cn2)CC1. The number of likely N-dealkylation sites (tertiary alicyclic amines) is 1. The van der Waals surface area contributed by atoms with E-state index in [0.29, 0.717) is 5.91 Å². The largest absolute Gasteiger partial charge is 0.478 e. The van der Waals surface area contributed by atoms with Gasteiger partial charge >= 0.3 is 5.97 Å². The van der Waals surface area contributed by atoms with Gasteiger partial charge in [0.05, 0.1) is 17.8 Å². The summed E-state index contributed by atoms with van der Waals surface area (Å²) in [6.07, 6.45) is 11.9. The molecule has 2 heterocycles. The van der Waals surface area contributed by atoms with Crippen molar-refractivity contribution in [1.82, 2.24) is 14.7 Å². The Bertz CT molecular complexity index is 599. The number of aromatic carboxylic acids is 1. The molecule has 6 nitrogen and oxygen atoms in total. The van der Waals surface area contributed by atoms with Crippen molar-refractivity contribution in [1.29, 1.82) is 0 Å². The second-order valence-electron chi connectivity index (χ2n) is 7.56. The Kier molecular flexibility index (Phi) is 5.76. The monoisotopic (exact) mass is 347 g/mol. The third-order valence-corrected chi connectivity index (χ3v) is 5.93. The quantitative estimate of drug-likeness (QED) is 0.856. The number of hydrogen-bond donors (Lipinski definition) is 1. The maximum atomic E-state index is 12.9. The lowest BCUT2D eigenvalue weighted by atomic mass is 9.89. The van der Waals surface area contributed by atoms with E-state index in [1.807, 2.05) is 4.90 Å². The number of nitrogens with zero attached hydrogens (tertiary/aromatic N) is 3. The topological polar surface area (TPSA) is 75.4 Å². The Morgan fingerprint density at radius 1 is 1.24 bits per heavy atom. The number of carboxylic acids is 1. The molecule has 1 aliphatic carbocycles. The fourth-order valence-corrected chi connectivity index (χ4v) is 4.35. The van der Waals surface area contributed by atoms with Gasteiger partial charge in [-0.25, -0.2) is 4.79 Å². The van der Waals surface area contributed by atoms with E-state index in [0.717, 1.165) is 44.7 Å². The number of aromatic nitrogens is 2. The molecule has 1 aliphatic heterocycles. The second-order valence-corrected chi connectivity index (χ2v) is 7.56. The Morgan fingerprint density at radius 3 is 2.48 bits per heavy atom. The number of rotatable bonds is 6. The zero-order chi connectivity index (χ0) is 17.8. The van der Waals surface area contributed by atoms with Crippen molar-refractivity contribution in [3.63, 3.8) is 0 Å². The zero-order valence-corrected chi connectivity index (χ0v) is 15.1. The van der Waals surface area contributed by atoms with Crippen molar-refractivity contribution in [2.45, 2.75) is 64.3 Å². The van der Waals surface area contributed by atoms with Gasteiger partial charge < -0.3 is 10.0 Å². The number of amides is 1. The Balaban J connectivity index is 1.53. The maximum Gasteiger partial charge on any atom is 0.338 e. The summed E-state index contributed by atoms with van der Waals surface area (Å²) in [4.78, 5) is 25.9. The first-order valence-corrected chi connectivity index (χ1v) is 9.64. The Labute approximate surface area is 149 Å². The highest BCUT2D eigenvalue weighted by atomic mass is 16.4. The molecule has 2 fully saturated rings. The smallest absolute Gasteiger partial charge is 0.338 e. The standard InChI is InChI=1S/C19H29N3O3/c1-2-15(11-14-5-3-4-6-14)18(23)21-9-7-17(8-10-21)22-13-16(12-20-22)19(24)25/h12-15,17H,2-11H2,1H3,(H,24,25). The van der Waals surface area contributed by atoms with Crippen molar-refractivity contribution in [2.75, 3.05) is 13.1 Å². The molecule has 138 valence electrons. The molecule has 0 bridgehead atoms. The normalized spacial score (nSPS) is 20.8. The van der Waals surface area contributed by atoms with E-state index < -0.39 is 5.97 Å². The molecule has 0 spiro atoms. The van der Waals surface area contributed by atoms with Crippen LogP contribution in [0, 0.1) is 11.8 Å². The first kappa shape index (κ1) is 18.0. The fourth-order valence-electron chi connectivity index (χ4n) is 4.35. The highest BCUT2D eigenvalue weighted by Gasteiger charge is 2.30. The van der Waals surface area contributed by atoms with Crippen LogP contribution in [0.4, 0.5) is 0 Å². The van der Waals surface area contributed by atoms with Gasteiger partial charge in [0.25, 0.3) is 0 Å². The van der Waals surface area contributed by atoms with Gasteiger partial charge in [-0.3, -0.25) is 9.48 Å².